The second-order valence-corrected chi connectivity index (χ2v) is 7.70. The highest BCUT2D eigenvalue weighted by Gasteiger charge is 2.28. The molecule has 0 saturated carbocycles. The normalized spacial score (nSPS) is 14.9. The summed E-state index contributed by atoms with van der Waals surface area (Å²) in [6.45, 7) is 9.76. The van der Waals surface area contributed by atoms with Gasteiger partial charge in [0.1, 0.15) is 5.60 Å². The van der Waals surface area contributed by atoms with Crippen LogP contribution in [0.2, 0.25) is 0 Å². The van der Waals surface area contributed by atoms with Crippen LogP contribution in [-0.4, -0.2) is 41.4 Å². The third-order valence-electron chi connectivity index (χ3n) is 4.14. The van der Waals surface area contributed by atoms with Gasteiger partial charge in [-0.25, -0.2) is 13.1 Å². The highest BCUT2D eigenvalue weighted by molar-refractivity contribution is 7.89. The van der Waals surface area contributed by atoms with E-state index in [2.05, 4.69) is 4.72 Å². The Morgan fingerprint density at radius 1 is 1.09 bits per heavy atom. The predicted octanol–water partition coefficient (Wildman–Crippen LogP) is 2.25. The molecule has 1 aromatic rings. The van der Waals surface area contributed by atoms with E-state index in [1.165, 1.54) is 0 Å². The minimum atomic E-state index is -3.61. The van der Waals surface area contributed by atoms with Crippen LogP contribution < -0.4 is 4.72 Å². The molecule has 0 amide bonds. The molecule has 1 N–H and O–H groups in total. The standard InChI is InChI=1S/C16H27NO4S/c1-11-8-12(2)14(4)15(13(11)3)22(18,19)17-9-16(5,21-7)10-20-6/h8,17H,9-10H2,1-7H3/t16-/m1/s1. The first kappa shape index (κ1) is 19.1. The first-order chi connectivity index (χ1) is 10.1. The van der Waals surface area contributed by atoms with E-state index in [4.69, 9.17) is 9.47 Å². The Labute approximate surface area is 134 Å². The van der Waals surface area contributed by atoms with E-state index >= 15 is 0 Å². The first-order valence-electron chi connectivity index (χ1n) is 7.19. The van der Waals surface area contributed by atoms with Gasteiger partial charge >= 0.3 is 0 Å². The number of aryl methyl sites for hydroxylation is 2. The zero-order valence-electron chi connectivity index (χ0n) is 14.5. The molecule has 0 aliphatic carbocycles. The maximum atomic E-state index is 12.7. The maximum Gasteiger partial charge on any atom is 0.241 e. The van der Waals surface area contributed by atoms with Gasteiger partial charge in [0, 0.05) is 20.8 Å². The number of hydrogen-bond acceptors (Lipinski definition) is 4. The van der Waals surface area contributed by atoms with Gasteiger partial charge < -0.3 is 9.47 Å². The summed E-state index contributed by atoms with van der Waals surface area (Å²) < 4.78 is 38.6. The zero-order valence-corrected chi connectivity index (χ0v) is 15.3. The summed E-state index contributed by atoms with van der Waals surface area (Å²) in [7, 11) is -0.512. The minimum absolute atomic E-state index is 0.144. The van der Waals surface area contributed by atoms with Crippen LogP contribution >= 0.6 is 0 Å². The molecule has 0 unspecified atom stereocenters. The molecule has 0 spiro atoms. The Balaban J connectivity index is 3.17. The molecule has 0 radical (unpaired) electrons. The quantitative estimate of drug-likeness (QED) is 0.833. The van der Waals surface area contributed by atoms with Crippen molar-refractivity contribution in [2.75, 3.05) is 27.4 Å². The second-order valence-electron chi connectivity index (χ2n) is 6.00. The Morgan fingerprint density at radius 2 is 1.59 bits per heavy atom. The number of benzene rings is 1. The van der Waals surface area contributed by atoms with Crippen molar-refractivity contribution >= 4 is 10.0 Å². The molecule has 126 valence electrons. The summed E-state index contributed by atoms with van der Waals surface area (Å²) in [5.41, 5.74) is 2.79. The van der Waals surface area contributed by atoms with Crippen LogP contribution in [0.1, 0.15) is 29.2 Å². The topological polar surface area (TPSA) is 64.6 Å². The number of sulfonamides is 1. The van der Waals surface area contributed by atoms with Gasteiger partial charge in [-0.2, -0.15) is 0 Å². The van der Waals surface area contributed by atoms with Gasteiger partial charge in [-0.05, 0) is 56.9 Å². The van der Waals surface area contributed by atoms with Crippen LogP contribution in [0.4, 0.5) is 0 Å². The Bertz CT molecular complexity index is 614. The fourth-order valence-electron chi connectivity index (χ4n) is 2.39. The molecule has 0 aliphatic rings. The van der Waals surface area contributed by atoms with Crippen LogP contribution in [0.15, 0.2) is 11.0 Å². The molecule has 0 bridgehead atoms. The maximum absolute atomic E-state index is 12.7. The van der Waals surface area contributed by atoms with Crippen LogP contribution in [0.3, 0.4) is 0 Å². The summed E-state index contributed by atoms with van der Waals surface area (Å²) in [5, 5.41) is 0. The highest BCUT2D eigenvalue weighted by Crippen LogP contribution is 2.26. The van der Waals surface area contributed by atoms with Gasteiger partial charge in [-0.1, -0.05) is 6.07 Å². The fraction of sp³-hybridized carbons (Fsp3) is 0.625. The molecule has 0 fully saturated rings. The van der Waals surface area contributed by atoms with Gasteiger partial charge in [0.15, 0.2) is 0 Å². The minimum Gasteiger partial charge on any atom is -0.382 e. The van der Waals surface area contributed by atoms with Gasteiger partial charge in [0.2, 0.25) is 10.0 Å². The Kier molecular flexibility index (Phi) is 6.15. The molecule has 1 atom stereocenters. The van der Waals surface area contributed by atoms with Crippen molar-refractivity contribution in [1.29, 1.82) is 0 Å². The molecule has 5 nitrogen and oxygen atoms in total. The van der Waals surface area contributed by atoms with Gasteiger partial charge in [0.05, 0.1) is 11.5 Å². The van der Waals surface area contributed by atoms with Gasteiger partial charge in [-0.3, -0.25) is 0 Å². The predicted molar refractivity (Wildman–Crippen MR) is 87.9 cm³/mol. The van der Waals surface area contributed by atoms with Gasteiger partial charge in [0.25, 0.3) is 0 Å². The lowest BCUT2D eigenvalue weighted by Gasteiger charge is -2.28. The number of nitrogens with one attached hydrogen (secondary N) is 1. The summed E-state index contributed by atoms with van der Waals surface area (Å²) in [5.74, 6) is 0. The van der Waals surface area contributed by atoms with Crippen molar-refractivity contribution in [2.45, 2.75) is 45.1 Å². The van der Waals surface area contributed by atoms with Crippen molar-refractivity contribution in [3.05, 3.63) is 28.3 Å². The van der Waals surface area contributed by atoms with Crippen LogP contribution in [0.5, 0.6) is 0 Å². The monoisotopic (exact) mass is 329 g/mol. The van der Waals surface area contributed by atoms with E-state index < -0.39 is 15.6 Å². The van der Waals surface area contributed by atoms with E-state index in [0.29, 0.717) is 11.5 Å². The van der Waals surface area contributed by atoms with E-state index in [1.54, 1.807) is 21.1 Å². The Morgan fingerprint density at radius 3 is 2.00 bits per heavy atom. The van der Waals surface area contributed by atoms with Gasteiger partial charge in [-0.15, -0.1) is 0 Å². The second kappa shape index (κ2) is 7.08. The number of ether oxygens (including phenoxy) is 2. The molecular formula is C16H27NO4S. The van der Waals surface area contributed by atoms with Crippen molar-refractivity contribution < 1.29 is 17.9 Å². The largest absolute Gasteiger partial charge is 0.382 e. The summed E-state index contributed by atoms with van der Waals surface area (Å²) in [6.07, 6.45) is 0. The molecular weight excluding hydrogens is 302 g/mol. The first-order valence-corrected chi connectivity index (χ1v) is 8.67. The zero-order chi connectivity index (χ0) is 17.1. The fourth-order valence-corrected chi connectivity index (χ4v) is 4.16. The lowest BCUT2D eigenvalue weighted by Crippen LogP contribution is -2.45. The van der Waals surface area contributed by atoms with E-state index in [9.17, 15) is 8.42 Å². The smallest absolute Gasteiger partial charge is 0.241 e. The lowest BCUT2D eigenvalue weighted by molar-refractivity contribution is -0.0460. The van der Waals surface area contributed by atoms with Crippen molar-refractivity contribution in [2.24, 2.45) is 0 Å². The average molecular weight is 329 g/mol. The summed E-state index contributed by atoms with van der Waals surface area (Å²) in [6, 6.07) is 2.01. The van der Waals surface area contributed by atoms with E-state index in [0.717, 1.165) is 22.3 Å². The SMILES string of the molecule is COC[C@@](C)(CNS(=O)(=O)c1c(C)c(C)cc(C)c1C)OC. The van der Waals surface area contributed by atoms with E-state index in [1.807, 2.05) is 33.8 Å². The third-order valence-corrected chi connectivity index (χ3v) is 5.82. The molecule has 0 aromatic heterocycles. The molecule has 1 aromatic carbocycles. The van der Waals surface area contributed by atoms with Crippen molar-refractivity contribution in [1.82, 2.24) is 4.72 Å². The van der Waals surface area contributed by atoms with Crippen LogP contribution in [-0.2, 0) is 19.5 Å². The number of hydrogen-bond donors (Lipinski definition) is 1. The van der Waals surface area contributed by atoms with Crippen molar-refractivity contribution in [3.63, 3.8) is 0 Å². The summed E-state index contributed by atoms with van der Waals surface area (Å²) in [4.78, 5) is 0.362. The highest BCUT2D eigenvalue weighted by atomic mass is 32.2. The van der Waals surface area contributed by atoms with Crippen LogP contribution in [0, 0.1) is 27.7 Å². The van der Waals surface area contributed by atoms with E-state index in [-0.39, 0.29) is 6.54 Å². The molecule has 1 rings (SSSR count). The lowest BCUT2D eigenvalue weighted by atomic mass is 10.0. The van der Waals surface area contributed by atoms with Crippen LogP contribution in [0.25, 0.3) is 0 Å². The molecule has 0 heterocycles. The summed E-state index contributed by atoms with van der Waals surface area (Å²) >= 11 is 0. The third kappa shape index (κ3) is 4.07. The number of rotatable bonds is 7. The average Bonchev–Trinajstić information content (AvgIpc) is 2.44. The molecule has 0 saturated heterocycles. The Hall–Kier alpha value is -0.950. The molecule has 0 aliphatic heterocycles. The molecule has 6 heteroatoms. The number of methoxy groups -OCH3 is 2. The van der Waals surface area contributed by atoms with Crippen molar-refractivity contribution in [3.8, 4) is 0 Å². The molecule has 22 heavy (non-hydrogen) atoms.